The third kappa shape index (κ3) is 2.44. The summed E-state index contributed by atoms with van der Waals surface area (Å²) in [5, 5.41) is 0.349. The fourth-order valence-electron chi connectivity index (χ4n) is 2.76. The van der Waals surface area contributed by atoms with E-state index < -0.39 is 0 Å². The Morgan fingerprint density at radius 2 is 1.76 bits per heavy atom. The van der Waals surface area contributed by atoms with E-state index in [4.69, 9.17) is 16.3 Å². The summed E-state index contributed by atoms with van der Waals surface area (Å²) in [5.41, 5.74) is 1.42. The quantitative estimate of drug-likeness (QED) is 0.725. The number of hydrogen-bond acceptors (Lipinski definition) is 1. The Kier molecular flexibility index (Phi) is 3.04. The van der Waals surface area contributed by atoms with E-state index in [1.54, 1.807) is 0 Å². The zero-order chi connectivity index (χ0) is 11.8. The summed E-state index contributed by atoms with van der Waals surface area (Å²) in [5.74, 6) is 2.24. The van der Waals surface area contributed by atoms with Gasteiger partial charge in [0.1, 0.15) is 5.75 Å². The summed E-state index contributed by atoms with van der Waals surface area (Å²) in [4.78, 5) is 0. The lowest BCUT2D eigenvalue weighted by Crippen LogP contribution is -2.09. The average Bonchev–Trinajstić information content (AvgIpc) is 3.09. The predicted molar refractivity (Wildman–Crippen MR) is 70.9 cm³/mol. The number of benzene rings is 1. The highest BCUT2D eigenvalue weighted by Crippen LogP contribution is 2.42. The molecule has 92 valence electrons. The van der Waals surface area contributed by atoms with Gasteiger partial charge in [0.15, 0.2) is 0 Å². The van der Waals surface area contributed by atoms with Crippen molar-refractivity contribution in [1.29, 1.82) is 0 Å². The molecule has 0 radical (unpaired) electrons. The lowest BCUT2D eigenvalue weighted by molar-refractivity contribution is 0.303. The third-order valence-corrected chi connectivity index (χ3v) is 4.71. The molecule has 2 aliphatic rings. The van der Waals surface area contributed by atoms with Crippen LogP contribution in [-0.4, -0.2) is 11.5 Å². The van der Waals surface area contributed by atoms with Crippen LogP contribution >= 0.6 is 11.6 Å². The van der Waals surface area contributed by atoms with Crippen molar-refractivity contribution in [1.82, 2.24) is 0 Å². The van der Waals surface area contributed by atoms with Gasteiger partial charge in [0.25, 0.3) is 0 Å². The smallest absolute Gasteiger partial charge is 0.119 e. The molecule has 0 heterocycles. The van der Waals surface area contributed by atoms with Crippen molar-refractivity contribution < 1.29 is 4.74 Å². The molecule has 3 rings (SSSR count). The minimum absolute atomic E-state index is 0.349. The molecule has 0 aromatic heterocycles. The highest BCUT2D eigenvalue weighted by atomic mass is 35.5. The lowest BCUT2D eigenvalue weighted by Gasteiger charge is -2.17. The van der Waals surface area contributed by atoms with E-state index in [-0.39, 0.29) is 0 Å². The van der Waals surface area contributed by atoms with E-state index in [2.05, 4.69) is 31.2 Å². The first kappa shape index (κ1) is 11.4. The number of ether oxygens (including phenoxy) is 1. The molecule has 3 atom stereocenters. The fourth-order valence-corrected chi connectivity index (χ4v) is 3.06. The van der Waals surface area contributed by atoms with Gasteiger partial charge in [0.05, 0.1) is 6.10 Å². The molecule has 3 unspecified atom stereocenters. The van der Waals surface area contributed by atoms with Crippen molar-refractivity contribution in [2.24, 2.45) is 5.92 Å². The Morgan fingerprint density at radius 1 is 1.06 bits per heavy atom. The van der Waals surface area contributed by atoms with Crippen molar-refractivity contribution in [3.8, 4) is 5.75 Å². The Bertz CT molecular complexity index is 382. The fraction of sp³-hybridized carbons (Fsp3) is 0.600. The monoisotopic (exact) mass is 250 g/mol. The summed E-state index contributed by atoms with van der Waals surface area (Å²) >= 11 is 6.29. The van der Waals surface area contributed by atoms with Crippen LogP contribution in [0, 0.1) is 5.92 Å². The molecule has 17 heavy (non-hydrogen) atoms. The van der Waals surface area contributed by atoms with Gasteiger partial charge < -0.3 is 4.74 Å². The first-order chi connectivity index (χ1) is 8.24. The van der Waals surface area contributed by atoms with Crippen molar-refractivity contribution in [3.05, 3.63) is 29.8 Å². The second-order valence-corrected chi connectivity index (χ2v) is 6.01. The molecule has 0 bridgehead atoms. The molecule has 1 aromatic carbocycles. The average molecular weight is 251 g/mol. The van der Waals surface area contributed by atoms with Crippen molar-refractivity contribution in [2.45, 2.75) is 50.0 Å². The van der Waals surface area contributed by atoms with Crippen LogP contribution in [0.25, 0.3) is 0 Å². The van der Waals surface area contributed by atoms with E-state index >= 15 is 0 Å². The van der Waals surface area contributed by atoms with Gasteiger partial charge in [-0.3, -0.25) is 0 Å². The van der Waals surface area contributed by atoms with Crippen molar-refractivity contribution in [3.63, 3.8) is 0 Å². The van der Waals surface area contributed by atoms with Gasteiger partial charge in [-0.1, -0.05) is 19.1 Å². The summed E-state index contributed by atoms with van der Waals surface area (Å²) in [7, 11) is 0. The maximum Gasteiger partial charge on any atom is 0.119 e. The Labute approximate surface area is 108 Å². The molecular weight excluding hydrogens is 232 g/mol. The number of rotatable bonds is 3. The normalized spacial score (nSPS) is 32.7. The number of alkyl halides is 1. The second kappa shape index (κ2) is 4.53. The van der Waals surface area contributed by atoms with E-state index in [1.807, 2.05) is 0 Å². The Balaban J connectivity index is 1.70. The number of hydrogen-bond donors (Lipinski definition) is 0. The minimum Gasteiger partial charge on any atom is -0.490 e. The van der Waals surface area contributed by atoms with Gasteiger partial charge >= 0.3 is 0 Å². The molecular formula is C15H19ClO. The van der Waals surface area contributed by atoms with Crippen LogP contribution in [-0.2, 0) is 0 Å². The second-order valence-electron chi connectivity index (χ2n) is 5.45. The van der Waals surface area contributed by atoms with Crippen LogP contribution in [0.3, 0.4) is 0 Å². The standard InChI is InChI=1S/C15H19ClO/c1-10-14(8-9-15(10)16)11-2-4-12(5-3-11)17-13-6-7-13/h2-5,10,13-15H,6-9H2,1H3. The van der Waals surface area contributed by atoms with Gasteiger partial charge in [-0.05, 0) is 55.2 Å². The van der Waals surface area contributed by atoms with Crippen LogP contribution in [0.5, 0.6) is 5.75 Å². The SMILES string of the molecule is CC1C(Cl)CCC1c1ccc(OC2CC2)cc1. The van der Waals surface area contributed by atoms with Crippen LogP contribution in [0.2, 0.25) is 0 Å². The topological polar surface area (TPSA) is 9.23 Å². The van der Waals surface area contributed by atoms with Gasteiger partial charge in [-0.2, -0.15) is 0 Å². The molecule has 0 N–H and O–H groups in total. The molecule has 2 fully saturated rings. The highest BCUT2D eigenvalue weighted by molar-refractivity contribution is 6.21. The summed E-state index contributed by atoms with van der Waals surface area (Å²) in [6, 6.07) is 8.66. The van der Waals surface area contributed by atoms with Crippen LogP contribution in [0.1, 0.15) is 44.1 Å². The van der Waals surface area contributed by atoms with Crippen molar-refractivity contribution in [2.75, 3.05) is 0 Å². The van der Waals surface area contributed by atoms with Gasteiger partial charge in [-0.15, -0.1) is 11.6 Å². The molecule has 0 aliphatic heterocycles. The summed E-state index contributed by atoms with van der Waals surface area (Å²) in [6.45, 7) is 2.27. The minimum atomic E-state index is 0.349. The maximum absolute atomic E-state index is 6.29. The van der Waals surface area contributed by atoms with Gasteiger partial charge in [0.2, 0.25) is 0 Å². The highest BCUT2D eigenvalue weighted by Gasteiger charge is 2.32. The third-order valence-electron chi connectivity index (χ3n) is 4.09. The van der Waals surface area contributed by atoms with E-state index in [0.29, 0.717) is 23.3 Å². The Hall–Kier alpha value is -0.690. The largest absolute Gasteiger partial charge is 0.490 e. The molecule has 2 heteroatoms. The first-order valence-corrected chi connectivity index (χ1v) is 7.08. The predicted octanol–water partition coefficient (Wildman–Crippen LogP) is 4.35. The molecule has 0 saturated heterocycles. The molecule has 1 nitrogen and oxygen atoms in total. The molecule has 1 aromatic rings. The van der Waals surface area contributed by atoms with E-state index in [0.717, 1.165) is 12.2 Å². The Morgan fingerprint density at radius 3 is 2.29 bits per heavy atom. The zero-order valence-corrected chi connectivity index (χ0v) is 11.0. The van der Waals surface area contributed by atoms with Gasteiger partial charge in [-0.25, -0.2) is 0 Å². The van der Waals surface area contributed by atoms with Crippen molar-refractivity contribution >= 4 is 11.6 Å². The lowest BCUT2D eigenvalue weighted by atomic mass is 9.90. The molecule has 0 amide bonds. The number of halogens is 1. The van der Waals surface area contributed by atoms with Crippen LogP contribution in [0.15, 0.2) is 24.3 Å². The van der Waals surface area contributed by atoms with E-state index in [1.165, 1.54) is 24.8 Å². The van der Waals surface area contributed by atoms with E-state index in [9.17, 15) is 0 Å². The summed E-state index contributed by atoms with van der Waals surface area (Å²) in [6.07, 6.45) is 5.29. The van der Waals surface area contributed by atoms with Crippen LogP contribution < -0.4 is 4.74 Å². The van der Waals surface area contributed by atoms with Gasteiger partial charge in [0, 0.05) is 5.38 Å². The molecule has 0 spiro atoms. The molecule has 2 aliphatic carbocycles. The first-order valence-electron chi connectivity index (χ1n) is 6.65. The zero-order valence-electron chi connectivity index (χ0n) is 10.2. The maximum atomic E-state index is 6.29. The summed E-state index contributed by atoms with van der Waals surface area (Å²) < 4.78 is 5.76. The molecule has 2 saturated carbocycles. The van der Waals surface area contributed by atoms with Crippen LogP contribution in [0.4, 0.5) is 0 Å².